The van der Waals surface area contributed by atoms with Crippen molar-refractivity contribution in [2.24, 2.45) is 0 Å². The lowest BCUT2D eigenvalue weighted by Crippen LogP contribution is -2.30. The van der Waals surface area contributed by atoms with Gasteiger partial charge in [-0.2, -0.15) is 0 Å². The van der Waals surface area contributed by atoms with Crippen molar-refractivity contribution in [1.29, 1.82) is 0 Å². The molecule has 2 heterocycles. The van der Waals surface area contributed by atoms with Crippen LogP contribution in [0.15, 0.2) is 108 Å². The summed E-state index contributed by atoms with van der Waals surface area (Å²) >= 11 is 20.5. The van der Waals surface area contributed by atoms with Gasteiger partial charge in [-0.25, -0.2) is 14.4 Å². The van der Waals surface area contributed by atoms with Crippen LogP contribution in [0.25, 0.3) is 21.1 Å². The zero-order valence-corrected chi connectivity index (χ0v) is 31.6. The first-order valence-corrected chi connectivity index (χ1v) is 18.7. The van der Waals surface area contributed by atoms with Crippen molar-refractivity contribution in [2.75, 3.05) is 0 Å². The third-order valence-corrected chi connectivity index (χ3v) is 10.1. The van der Waals surface area contributed by atoms with Crippen molar-refractivity contribution in [3.05, 3.63) is 151 Å². The van der Waals surface area contributed by atoms with Gasteiger partial charge in [-0.05, 0) is 53.6 Å². The van der Waals surface area contributed by atoms with Gasteiger partial charge in [-0.1, -0.05) is 89.4 Å². The van der Waals surface area contributed by atoms with E-state index in [4.69, 9.17) is 45.0 Å². The van der Waals surface area contributed by atoms with Gasteiger partial charge in [-0.15, -0.1) is 22.7 Å². The molecule has 0 saturated carbocycles. The highest BCUT2D eigenvalue weighted by atomic mass is 35.5. The van der Waals surface area contributed by atoms with E-state index in [9.17, 15) is 23.6 Å². The molecule has 10 nitrogen and oxygen atoms in total. The number of nitrogens with one attached hydrogen (secondary N) is 2. The first-order valence-electron chi connectivity index (χ1n) is 15.8. The number of aliphatic carboxylic acids is 2. The largest absolute Gasteiger partial charge is 0.481 e. The molecule has 2 aromatic heterocycles. The fourth-order valence-corrected chi connectivity index (χ4v) is 7.38. The summed E-state index contributed by atoms with van der Waals surface area (Å²) in [5, 5.41) is 29.2. The molecule has 0 aliphatic carbocycles. The summed E-state index contributed by atoms with van der Waals surface area (Å²) in [5.41, 5.74) is 2.52. The van der Waals surface area contributed by atoms with Gasteiger partial charge in [0.05, 0.1) is 29.9 Å². The number of hydrogen-bond acceptors (Lipinski definition) is 8. The summed E-state index contributed by atoms with van der Waals surface area (Å²) in [6.07, 6.45) is -0.579. The van der Waals surface area contributed by atoms with Gasteiger partial charge in [0.15, 0.2) is 0 Å². The standard InChI is InChI=1S/C19H14Cl2N2O3S.C19H14ClFN2O3S/c2*20-12-5-3-4-11(8-12)15(9-17(24)25)22-18(26)16-10-27-19(23-16)13-6-1-2-7-14(13)21/h2*1-8,10,15H,9H2,(H,22,26)(H,24,25)/t2*15-/m00/s1. The Hall–Kier alpha value is -5.18. The van der Waals surface area contributed by atoms with Crippen molar-refractivity contribution < 1.29 is 33.8 Å². The first kappa shape index (κ1) is 40.0. The number of carboxylic acids is 2. The summed E-state index contributed by atoms with van der Waals surface area (Å²) in [4.78, 5) is 56.0. The van der Waals surface area contributed by atoms with E-state index in [-0.39, 0.29) is 24.2 Å². The van der Waals surface area contributed by atoms with Crippen LogP contribution in [0.5, 0.6) is 0 Å². The SMILES string of the molecule is O=C(O)C[C@H](NC(=O)c1csc(-c2ccccc2Cl)n1)c1cccc(Cl)c1.O=C(O)C[C@H](NC(=O)c1csc(-c2ccccc2F)n1)c1cccc(Cl)c1. The number of carbonyl (C=O) groups excluding carboxylic acids is 2. The van der Waals surface area contributed by atoms with E-state index in [1.54, 1.807) is 78.2 Å². The minimum atomic E-state index is -1.06. The van der Waals surface area contributed by atoms with Gasteiger partial charge < -0.3 is 20.8 Å². The van der Waals surface area contributed by atoms with Crippen LogP contribution in [0, 0.1) is 5.82 Å². The van der Waals surface area contributed by atoms with Crippen LogP contribution in [0.4, 0.5) is 4.39 Å². The molecule has 276 valence electrons. The molecule has 6 rings (SSSR count). The molecule has 0 aliphatic rings. The van der Waals surface area contributed by atoms with Gasteiger partial charge in [0.1, 0.15) is 27.2 Å². The fourth-order valence-electron chi connectivity index (χ4n) is 5.04. The molecule has 0 fully saturated rings. The van der Waals surface area contributed by atoms with E-state index in [0.29, 0.717) is 41.8 Å². The molecule has 0 unspecified atom stereocenters. The molecule has 2 amide bonds. The lowest BCUT2D eigenvalue weighted by molar-refractivity contribution is -0.138. The Bertz CT molecular complexity index is 2140. The van der Waals surface area contributed by atoms with E-state index >= 15 is 0 Å². The summed E-state index contributed by atoms with van der Waals surface area (Å²) < 4.78 is 13.9. The predicted molar refractivity (Wildman–Crippen MR) is 208 cm³/mol. The average molecular weight is 826 g/mol. The molecule has 0 bridgehead atoms. The van der Waals surface area contributed by atoms with E-state index in [1.807, 2.05) is 18.2 Å². The third kappa shape index (κ3) is 10.9. The number of nitrogens with zero attached hydrogens (tertiary/aromatic N) is 2. The molecule has 4 N–H and O–H groups in total. The molecule has 0 aliphatic heterocycles. The van der Waals surface area contributed by atoms with E-state index in [0.717, 1.165) is 16.9 Å². The van der Waals surface area contributed by atoms with Crippen molar-refractivity contribution >= 4 is 81.2 Å². The van der Waals surface area contributed by atoms with E-state index in [2.05, 4.69) is 20.6 Å². The number of amides is 2. The molecule has 2 atom stereocenters. The van der Waals surface area contributed by atoms with Crippen LogP contribution in [-0.2, 0) is 9.59 Å². The Morgan fingerprint density at radius 1 is 0.630 bits per heavy atom. The van der Waals surface area contributed by atoms with Gasteiger partial charge in [0.2, 0.25) is 0 Å². The quantitative estimate of drug-likeness (QED) is 0.0950. The predicted octanol–water partition coefficient (Wildman–Crippen LogP) is 9.61. The summed E-state index contributed by atoms with van der Waals surface area (Å²) in [6.45, 7) is 0. The Morgan fingerprint density at radius 3 is 1.52 bits per heavy atom. The maximum Gasteiger partial charge on any atom is 0.305 e. The van der Waals surface area contributed by atoms with Crippen LogP contribution >= 0.6 is 57.5 Å². The summed E-state index contributed by atoms with van der Waals surface area (Å²) in [6, 6.07) is 25.2. The minimum absolute atomic E-state index is 0.0932. The summed E-state index contributed by atoms with van der Waals surface area (Å²) in [7, 11) is 0. The zero-order chi connectivity index (χ0) is 38.8. The van der Waals surface area contributed by atoms with Crippen molar-refractivity contribution in [1.82, 2.24) is 20.6 Å². The highest BCUT2D eigenvalue weighted by Crippen LogP contribution is 2.31. The first-order chi connectivity index (χ1) is 25.9. The second kappa shape index (κ2) is 18.7. The third-order valence-electron chi connectivity index (χ3n) is 7.55. The van der Waals surface area contributed by atoms with Gasteiger partial charge in [0.25, 0.3) is 11.8 Å². The monoisotopic (exact) mass is 824 g/mol. The highest BCUT2D eigenvalue weighted by Gasteiger charge is 2.23. The topological polar surface area (TPSA) is 159 Å². The Balaban J connectivity index is 0.000000208. The lowest BCUT2D eigenvalue weighted by atomic mass is 10.0. The van der Waals surface area contributed by atoms with Gasteiger partial charge in [-0.3, -0.25) is 19.2 Å². The van der Waals surface area contributed by atoms with E-state index in [1.165, 1.54) is 22.8 Å². The maximum absolute atomic E-state index is 13.9. The number of hydrogen-bond donors (Lipinski definition) is 4. The van der Waals surface area contributed by atoms with Crippen molar-refractivity contribution in [3.8, 4) is 21.1 Å². The molecule has 16 heteroatoms. The Kier molecular flexibility index (Phi) is 13.9. The number of carbonyl (C=O) groups is 4. The zero-order valence-electron chi connectivity index (χ0n) is 27.7. The second-order valence-corrected chi connectivity index (χ2v) is 14.4. The smallest absolute Gasteiger partial charge is 0.305 e. The van der Waals surface area contributed by atoms with Gasteiger partial charge >= 0.3 is 11.9 Å². The van der Waals surface area contributed by atoms with Crippen molar-refractivity contribution in [3.63, 3.8) is 0 Å². The van der Waals surface area contributed by atoms with E-state index < -0.39 is 41.7 Å². The van der Waals surface area contributed by atoms with Crippen LogP contribution in [0.2, 0.25) is 15.1 Å². The number of carboxylic acid groups (broad SMARTS) is 2. The molecular formula is C38H28Cl3FN4O6S2. The number of thiazole rings is 2. The van der Waals surface area contributed by atoms with Crippen LogP contribution in [0.1, 0.15) is 57.0 Å². The van der Waals surface area contributed by atoms with Crippen LogP contribution in [0.3, 0.4) is 0 Å². The number of aromatic nitrogens is 2. The molecule has 0 radical (unpaired) electrons. The fraction of sp³-hybridized carbons (Fsp3) is 0.105. The minimum Gasteiger partial charge on any atom is -0.481 e. The Morgan fingerprint density at radius 2 is 1.07 bits per heavy atom. The van der Waals surface area contributed by atoms with Crippen LogP contribution < -0.4 is 10.6 Å². The summed E-state index contributed by atoms with van der Waals surface area (Å²) in [5.74, 6) is -3.53. The molecule has 0 saturated heterocycles. The molecule has 54 heavy (non-hydrogen) atoms. The normalized spacial score (nSPS) is 11.8. The second-order valence-electron chi connectivity index (χ2n) is 11.4. The number of benzene rings is 4. The molecular weight excluding hydrogens is 798 g/mol. The average Bonchev–Trinajstić information content (AvgIpc) is 3.83. The highest BCUT2D eigenvalue weighted by molar-refractivity contribution is 7.13. The molecule has 6 aromatic rings. The molecule has 0 spiro atoms. The number of halogens is 4. The maximum atomic E-state index is 13.9. The molecule has 4 aromatic carbocycles. The van der Waals surface area contributed by atoms with Gasteiger partial charge in [0, 0.05) is 31.9 Å². The van der Waals surface area contributed by atoms with Crippen LogP contribution in [-0.4, -0.2) is 43.9 Å². The van der Waals surface area contributed by atoms with Crippen molar-refractivity contribution in [2.45, 2.75) is 24.9 Å². The number of rotatable bonds is 12. The Labute approximate surface area is 331 Å². The lowest BCUT2D eigenvalue weighted by Gasteiger charge is -2.17.